The van der Waals surface area contributed by atoms with E-state index in [1.54, 1.807) is 0 Å². The normalized spacial score (nSPS) is 10.2. The zero-order valence-electron chi connectivity index (χ0n) is 8.54. The maximum absolute atomic E-state index is 5.45. The molecule has 0 spiro atoms. The van der Waals surface area contributed by atoms with Crippen molar-refractivity contribution in [1.82, 2.24) is 0 Å². The van der Waals surface area contributed by atoms with Gasteiger partial charge < -0.3 is 10.6 Å². The number of halogens is 1. The third-order valence-corrected chi connectivity index (χ3v) is 2.69. The number of benzene rings is 1. The van der Waals surface area contributed by atoms with Gasteiger partial charge in [-0.15, -0.1) is 0 Å². The molecular formula is C11H17BrN2. The zero-order chi connectivity index (χ0) is 10.4. The largest absolute Gasteiger partial charge is 0.375 e. The first-order valence-corrected chi connectivity index (χ1v) is 5.70. The summed E-state index contributed by atoms with van der Waals surface area (Å²) in [6.45, 7) is 1.85. The van der Waals surface area contributed by atoms with Crippen LogP contribution in [-0.4, -0.2) is 20.1 Å². The molecule has 0 bridgehead atoms. The Balaban J connectivity index is 2.47. The van der Waals surface area contributed by atoms with Gasteiger partial charge in [-0.3, -0.25) is 0 Å². The van der Waals surface area contributed by atoms with Gasteiger partial charge in [0, 0.05) is 23.8 Å². The van der Waals surface area contributed by atoms with Crippen LogP contribution >= 0.6 is 15.9 Å². The van der Waals surface area contributed by atoms with E-state index in [2.05, 4.69) is 46.1 Å². The number of hydrogen-bond donors (Lipinski definition) is 1. The minimum absolute atomic E-state index is 0.784. The molecule has 0 saturated heterocycles. The molecular weight excluding hydrogens is 240 g/mol. The molecule has 0 aliphatic rings. The number of anilines is 1. The molecule has 0 atom stereocenters. The minimum Gasteiger partial charge on any atom is -0.375 e. The number of unbranched alkanes of at least 4 members (excludes halogenated alkanes) is 1. The minimum atomic E-state index is 0.784. The average molecular weight is 257 g/mol. The van der Waals surface area contributed by atoms with E-state index < -0.39 is 0 Å². The van der Waals surface area contributed by atoms with Gasteiger partial charge in [0.15, 0.2) is 0 Å². The van der Waals surface area contributed by atoms with Crippen LogP contribution in [0.1, 0.15) is 12.8 Å². The summed E-state index contributed by atoms with van der Waals surface area (Å²) >= 11 is 3.47. The Kier molecular flexibility index (Phi) is 4.98. The quantitative estimate of drug-likeness (QED) is 0.821. The Morgan fingerprint density at radius 1 is 1.36 bits per heavy atom. The summed E-state index contributed by atoms with van der Waals surface area (Å²) in [5.41, 5.74) is 6.70. The SMILES string of the molecule is CN(CCCCN)c1cccc(Br)c1. The maximum Gasteiger partial charge on any atom is 0.0374 e. The second-order valence-electron chi connectivity index (χ2n) is 3.40. The van der Waals surface area contributed by atoms with Gasteiger partial charge in [-0.05, 0) is 37.6 Å². The molecule has 0 amide bonds. The van der Waals surface area contributed by atoms with Crippen LogP contribution in [0.25, 0.3) is 0 Å². The van der Waals surface area contributed by atoms with E-state index in [1.165, 1.54) is 5.69 Å². The Bertz CT molecular complexity index is 276. The highest BCUT2D eigenvalue weighted by Gasteiger charge is 1.99. The molecule has 2 N–H and O–H groups in total. The van der Waals surface area contributed by atoms with Gasteiger partial charge >= 0.3 is 0 Å². The van der Waals surface area contributed by atoms with Crippen LogP contribution in [0, 0.1) is 0 Å². The molecule has 2 nitrogen and oxygen atoms in total. The summed E-state index contributed by atoms with van der Waals surface area (Å²) in [7, 11) is 2.11. The van der Waals surface area contributed by atoms with Crippen LogP contribution in [0.5, 0.6) is 0 Å². The van der Waals surface area contributed by atoms with Gasteiger partial charge in [0.05, 0.1) is 0 Å². The molecule has 14 heavy (non-hydrogen) atoms. The highest BCUT2D eigenvalue weighted by atomic mass is 79.9. The lowest BCUT2D eigenvalue weighted by Gasteiger charge is -2.19. The number of nitrogens with two attached hydrogens (primary N) is 1. The van der Waals surface area contributed by atoms with E-state index in [0.717, 1.165) is 30.4 Å². The van der Waals surface area contributed by atoms with Crippen molar-refractivity contribution in [2.24, 2.45) is 5.73 Å². The predicted octanol–water partition coefficient (Wildman–Crippen LogP) is 2.62. The summed E-state index contributed by atoms with van der Waals surface area (Å²) in [5, 5.41) is 0. The summed E-state index contributed by atoms with van der Waals surface area (Å²) in [6, 6.07) is 8.34. The number of hydrogen-bond acceptors (Lipinski definition) is 2. The molecule has 1 rings (SSSR count). The number of nitrogens with zero attached hydrogens (tertiary/aromatic N) is 1. The van der Waals surface area contributed by atoms with Crippen molar-refractivity contribution in [1.29, 1.82) is 0 Å². The standard InChI is InChI=1S/C11H17BrN2/c1-14(8-3-2-7-13)11-6-4-5-10(12)9-11/h4-6,9H,2-3,7-8,13H2,1H3. The van der Waals surface area contributed by atoms with E-state index in [1.807, 2.05) is 6.07 Å². The van der Waals surface area contributed by atoms with E-state index in [0.29, 0.717) is 0 Å². The first-order valence-electron chi connectivity index (χ1n) is 4.91. The van der Waals surface area contributed by atoms with Crippen LogP contribution < -0.4 is 10.6 Å². The summed E-state index contributed by atoms with van der Waals surface area (Å²) < 4.78 is 1.13. The van der Waals surface area contributed by atoms with Crippen molar-refractivity contribution < 1.29 is 0 Å². The summed E-state index contributed by atoms with van der Waals surface area (Å²) in [4.78, 5) is 2.25. The first kappa shape index (κ1) is 11.5. The van der Waals surface area contributed by atoms with Crippen LogP contribution in [0.3, 0.4) is 0 Å². The van der Waals surface area contributed by atoms with E-state index in [9.17, 15) is 0 Å². The van der Waals surface area contributed by atoms with E-state index in [-0.39, 0.29) is 0 Å². The molecule has 0 aromatic heterocycles. The molecule has 0 aliphatic heterocycles. The lowest BCUT2D eigenvalue weighted by molar-refractivity contribution is 0.728. The molecule has 0 fully saturated rings. The molecule has 1 aromatic rings. The second-order valence-corrected chi connectivity index (χ2v) is 4.31. The highest BCUT2D eigenvalue weighted by Crippen LogP contribution is 2.18. The molecule has 1 aromatic carbocycles. The molecule has 78 valence electrons. The Morgan fingerprint density at radius 3 is 2.79 bits per heavy atom. The maximum atomic E-state index is 5.45. The molecule has 0 unspecified atom stereocenters. The lowest BCUT2D eigenvalue weighted by atomic mass is 10.2. The predicted molar refractivity (Wildman–Crippen MR) is 65.7 cm³/mol. The fourth-order valence-corrected chi connectivity index (χ4v) is 1.72. The molecule has 3 heteroatoms. The van der Waals surface area contributed by atoms with Crippen molar-refractivity contribution in [3.05, 3.63) is 28.7 Å². The summed E-state index contributed by atoms with van der Waals surface area (Å²) in [6.07, 6.45) is 2.25. The van der Waals surface area contributed by atoms with Gasteiger partial charge in [0.2, 0.25) is 0 Å². The Hall–Kier alpha value is -0.540. The van der Waals surface area contributed by atoms with Crippen LogP contribution in [0.4, 0.5) is 5.69 Å². The third-order valence-electron chi connectivity index (χ3n) is 2.20. The van der Waals surface area contributed by atoms with Gasteiger partial charge in [0.25, 0.3) is 0 Å². The van der Waals surface area contributed by atoms with Crippen molar-refractivity contribution in [3.8, 4) is 0 Å². The highest BCUT2D eigenvalue weighted by molar-refractivity contribution is 9.10. The van der Waals surface area contributed by atoms with Gasteiger partial charge in [-0.25, -0.2) is 0 Å². The second kappa shape index (κ2) is 6.04. The van der Waals surface area contributed by atoms with Crippen LogP contribution in [0.2, 0.25) is 0 Å². The van der Waals surface area contributed by atoms with Crippen molar-refractivity contribution in [2.75, 3.05) is 25.0 Å². The van der Waals surface area contributed by atoms with Gasteiger partial charge in [0.1, 0.15) is 0 Å². The topological polar surface area (TPSA) is 29.3 Å². The average Bonchev–Trinajstić information content (AvgIpc) is 2.18. The fourth-order valence-electron chi connectivity index (χ4n) is 1.34. The van der Waals surface area contributed by atoms with E-state index >= 15 is 0 Å². The monoisotopic (exact) mass is 256 g/mol. The molecule has 0 radical (unpaired) electrons. The first-order chi connectivity index (χ1) is 6.74. The van der Waals surface area contributed by atoms with Crippen LogP contribution in [0.15, 0.2) is 28.7 Å². The van der Waals surface area contributed by atoms with Crippen LogP contribution in [-0.2, 0) is 0 Å². The van der Waals surface area contributed by atoms with E-state index in [4.69, 9.17) is 5.73 Å². The van der Waals surface area contributed by atoms with Crippen molar-refractivity contribution >= 4 is 21.6 Å². The zero-order valence-corrected chi connectivity index (χ0v) is 10.1. The molecule has 0 heterocycles. The fraction of sp³-hybridized carbons (Fsp3) is 0.455. The van der Waals surface area contributed by atoms with Crippen molar-refractivity contribution in [3.63, 3.8) is 0 Å². The lowest BCUT2D eigenvalue weighted by Crippen LogP contribution is -2.19. The smallest absolute Gasteiger partial charge is 0.0374 e. The molecule has 0 saturated carbocycles. The Labute approximate surface area is 94.2 Å². The molecule has 0 aliphatic carbocycles. The Morgan fingerprint density at radius 2 is 2.14 bits per heavy atom. The van der Waals surface area contributed by atoms with Gasteiger partial charge in [-0.2, -0.15) is 0 Å². The van der Waals surface area contributed by atoms with Gasteiger partial charge in [-0.1, -0.05) is 22.0 Å². The third kappa shape index (κ3) is 3.68. The number of rotatable bonds is 5. The summed E-state index contributed by atoms with van der Waals surface area (Å²) in [5.74, 6) is 0. The van der Waals surface area contributed by atoms with Crippen molar-refractivity contribution in [2.45, 2.75) is 12.8 Å².